The first kappa shape index (κ1) is 20.3. The third kappa shape index (κ3) is 5.07. The molecule has 29 heavy (non-hydrogen) atoms. The number of nitrogens with zero attached hydrogens (tertiary/aromatic N) is 1. The van der Waals surface area contributed by atoms with Crippen molar-refractivity contribution in [2.75, 3.05) is 13.1 Å². The molecule has 0 spiro atoms. The molecule has 0 aliphatic rings. The van der Waals surface area contributed by atoms with E-state index in [9.17, 15) is 14.4 Å². The van der Waals surface area contributed by atoms with Gasteiger partial charge in [-0.05, 0) is 42.2 Å². The Morgan fingerprint density at radius 1 is 0.966 bits per heavy atom. The zero-order valence-corrected chi connectivity index (χ0v) is 16.5. The number of nitrogens with one attached hydrogen (secondary N) is 3. The van der Waals surface area contributed by atoms with Gasteiger partial charge in [-0.1, -0.05) is 38.1 Å². The maximum absolute atomic E-state index is 12.2. The predicted octanol–water partition coefficient (Wildman–Crippen LogP) is 2.60. The van der Waals surface area contributed by atoms with E-state index < -0.39 is 5.91 Å². The second-order valence-corrected chi connectivity index (χ2v) is 7.07. The van der Waals surface area contributed by atoms with Gasteiger partial charge in [-0.2, -0.15) is 0 Å². The van der Waals surface area contributed by atoms with Crippen LogP contribution in [-0.2, 0) is 0 Å². The van der Waals surface area contributed by atoms with Gasteiger partial charge in [-0.25, -0.2) is 4.98 Å². The lowest BCUT2D eigenvalue weighted by molar-refractivity contribution is 0.0942. The smallest absolute Gasteiger partial charge is 0.287 e. The zero-order valence-electron chi connectivity index (χ0n) is 16.5. The predicted molar refractivity (Wildman–Crippen MR) is 112 cm³/mol. The summed E-state index contributed by atoms with van der Waals surface area (Å²) < 4.78 is 0. The second-order valence-electron chi connectivity index (χ2n) is 7.07. The topological polar surface area (TPSA) is 104 Å². The summed E-state index contributed by atoms with van der Waals surface area (Å²) in [6.45, 7) is 4.98. The molecule has 7 nitrogen and oxygen atoms in total. The number of carbonyl (C=O) groups excluding carboxylic acids is 2. The lowest BCUT2D eigenvalue weighted by Crippen LogP contribution is -2.31. The van der Waals surface area contributed by atoms with Crippen LogP contribution < -0.4 is 16.2 Å². The fraction of sp³-hybridized carbons (Fsp3) is 0.273. The molecule has 7 heteroatoms. The van der Waals surface area contributed by atoms with Crippen LogP contribution in [0.2, 0.25) is 0 Å². The highest BCUT2D eigenvalue weighted by atomic mass is 16.2. The van der Waals surface area contributed by atoms with Gasteiger partial charge in [0.2, 0.25) is 0 Å². The Balaban J connectivity index is 1.46. The maximum Gasteiger partial charge on any atom is 0.287 e. The number of hydrogen-bond donors (Lipinski definition) is 3. The van der Waals surface area contributed by atoms with Gasteiger partial charge in [-0.3, -0.25) is 14.4 Å². The molecular weight excluding hydrogens is 368 g/mol. The Labute approximate surface area is 168 Å². The number of fused-ring (bicyclic) bond motifs is 1. The molecule has 0 saturated heterocycles. The van der Waals surface area contributed by atoms with Crippen molar-refractivity contribution < 1.29 is 9.59 Å². The SMILES string of the molecule is CC(C)c1ccc(C(=O)NCCCNC(=O)c2nc3ccccc3c(=O)[nH]2)cc1. The van der Waals surface area contributed by atoms with E-state index in [0.717, 1.165) is 0 Å². The van der Waals surface area contributed by atoms with Crippen LogP contribution in [0, 0.1) is 0 Å². The van der Waals surface area contributed by atoms with Gasteiger partial charge < -0.3 is 15.6 Å². The van der Waals surface area contributed by atoms with Crippen LogP contribution in [0.25, 0.3) is 10.9 Å². The molecule has 0 bridgehead atoms. The molecule has 0 fully saturated rings. The molecule has 3 rings (SSSR count). The maximum atomic E-state index is 12.2. The van der Waals surface area contributed by atoms with Crippen LogP contribution in [0.15, 0.2) is 53.3 Å². The molecule has 0 aliphatic carbocycles. The average Bonchev–Trinajstić information content (AvgIpc) is 2.73. The molecule has 0 radical (unpaired) electrons. The number of hydrogen-bond acceptors (Lipinski definition) is 4. The summed E-state index contributed by atoms with van der Waals surface area (Å²) >= 11 is 0. The Morgan fingerprint density at radius 2 is 1.62 bits per heavy atom. The number of H-pyrrole nitrogens is 1. The summed E-state index contributed by atoms with van der Waals surface area (Å²) in [6.07, 6.45) is 0.555. The zero-order chi connectivity index (χ0) is 20.8. The van der Waals surface area contributed by atoms with Crippen molar-refractivity contribution in [2.45, 2.75) is 26.2 Å². The second kappa shape index (κ2) is 9.14. The van der Waals surface area contributed by atoms with Crippen LogP contribution in [0.5, 0.6) is 0 Å². The van der Waals surface area contributed by atoms with Crippen molar-refractivity contribution in [3.05, 3.63) is 75.8 Å². The quantitative estimate of drug-likeness (QED) is 0.538. The van der Waals surface area contributed by atoms with Crippen LogP contribution in [0.3, 0.4) is 0 Å². The number of aromatic amines is 1. The van der Waals surface area contributed by atoms with Crippen molar-refractivity contribution in [3.63, 3.8) is 0 Å². The van der Waals surface area contributed by atoms with Crippen molar-refractivity contribution >= 4 is 22.7 Å². The minimum atomic E-state index is -0.455. The Bertz CT molecular complexity index is 1070. The van der Waals surface area contributed by atoms with Crippen molar-refractivity contribution in [1.29, 1.82) is 0 Å². The molecule has 150 valence electrons. The molecule has 0 aliphatic heterocycles. The van der Waals surface area contributed by atoms with E-state index >= 15 is 0 Å². The highest BCUT2D eigenvalue weighted by molar-refractivity contribution is 5.94. The Kier molecular flexibility index (Phi) is 6.39. The van der Waals surface area contributed by atoms with Gasteiger partial charge in [-0.15, -0.1) is 0 Å². The first-order valence-electron chi connectivity index (χ1n) is 9.61. The standard InChI is InChI=1S/C22H24N4O3/c1-14(2)15-8-10-16(11-9-15)20(27)23-12-5-13-24-22(29)19-25-18-7-4-3-6-17(18)21(28)26-19/h3-4,6-11,14H,5,12-13H2,1-2H3,(H,23,27)(H,24,29)(H,25,26,28). The Hall–Kier alpha value is -3.48. The molecule has 1 aromatic heterocycles. The van der Waals surface area contributed by atoms with Crippen LogP contribution >= 0.6 is 0 Å². The van der Waals surface area contributed by atoms with Crippen molar-refractivity contribution in [3.8, 4) is 0 Å². The number of rotatable bonds is 7. The lowest BCUT2D eigenvalue weighted by Gasteiger charge is -2.09. The van der Waals surface area contributed by atoms with Gasteiger partial charge in [0.05, 0.1) is 10.9 Å². The number of benzene rings is 2. The van der Waals surface area contributed by atoms with E-state index in [1.54, 1.807) is 24.3 Å². The molecule has 0 unspecified atom stereocenters. The molecule has 0 saturated carbocycles. The summed E-state index contributed by atoms with van der Waals surface area (Å²) in [5.74, 6) is -0.207. The van der Waals surface area contributed by atoms with Crippen molar-refractivity contribution in [2.24, 2.45) is 0 Å². The van der Waals surface area contributed by atoms with Crippen LogP contribution in [0.1, 0.15) is 52.7 Å². The minimum absolute atomic E-state index is 0.0250. The average molecular weight is 392 g/mol. The van der Waals surface area contributed by atoms with Crippen LogP contribution in [-0.4, -0.2) is 34.9 Å². The summed E-state index contributed by atoms with van der Waals surface area (Å²) in [6, 6.07) is 14.4. The van der Waals surface area contributed by atoms with Crippen molar-refractivity contribution in [1.82, 2.24) is 20.6 Å². The number of para-hydroxylation sites is 1. The van der Waals surface area contributed by atoms with E-state index in [2.05, 4.69) is 34.4 Å². The summed E-state index contributed by atoms with van der Waals surface area (Å²) in [5, 5.41) is 5.97. The molecule has 1 heterocycles. The van der Waals surface area contributed by atoms with E-state index in [-0.39, 0.29) is 17.3 Å². The van der Waals surface area contributed by atoms with Gasteiger partial charge in [0.15, 0.2) is 5.82 Å². The molecule has 2 aromatic carbocycles. The normalized spacial score (nSPS) is 10.9. The molecular formula is C22H24N4O3. The van der Waals surface area contributed by atoms with E-state index in [0.29, 0.717) is 41.9 Å². The molecule has 3 aromatic rings. The van der Waals surface area contributed by atoms with E-state index in [1.165, 1.54) is 5.56 Å². The first-order chi connectivity index (χ1) is 14.0. The van der Waals surface area contributed by atoms with Gasteiger partial charge in [0.1, 0.15) is 0 Å². The lowest BCUT2D eigenvalue weighted by atomic mass is 10.0. The third-order valence-electron chi connectivity index (χ3n) is 4.59. The highest BCUT2D eigenvalue weighted by Crippen LogP contribution is 2.14. The number of carbonyl (C=O) groups is 2. The molecule has 2 amide bonds. The largest absolute Gasteiger partial charge is 0.352 e. The fourth-order valence-corrected chi connectivity index (χ4v) is 2.89. The number of amides is 2. The van der Waals surface area contributed by atoms with E-state index in [4.69, 9.17) is 0 Å². The monoisotopic (exact) mass is 392 g/mol. The van der Waals surface area contributed by atoms with Gasteiger partial charge in [0, 0.05) is 18.7 Å². The summed E-state index contributed by atoms with van der Waals surface area (Å²) in [5.41, 5.74) is 1.91. The van der Waals surface area contributed by atoms with Crippen LogP contribution in [0.4, 0.5) is 0 Å². The third-order valence-corrected chi connectivity index (χ3v) is 4.59. The van der Waals surface area contributed by atoms with E-state index in [1.807, 2.05) is 24.3 Å². The fourth-order valence-electron chi connectivity index (χ4n) is 2.89. The summed E-state index contributed by atoms with van der Waals surface area (Å²) in [7, 11) is 0. The summed E-state index contributed by atoms with van der Waals surface area (Å²) in [4.78, 5) is 43.1. The molecule has 0 atom stereocenters. The minimum Gasteiger partial charge on any atom is -0.352 e. The molecule has 3 N–H and O–H groups in total. The number of aromatic nitrogens is 2. The Morgan fingerprint density at radius 3 is 2.31 bits per heavy atom. The van der Waals surface area contributed by atoms with Gasteiger partial charge in [0.25, 0.3) is 17.4 Å². The van der Waals surface area contributed by atoms with Gasteiger partial charge >= 0.3 is 0 Å². The first-order valence-corrected chi connectivity index (χ1v) is 9.61. The highest BCUT2D eigenvalue weighted by Gasteiger charge is 2.11.